The molecule has 1 rings (SSSR count). The van der Waals surface area contributed by atoms with Crippen molar-refractivity contribution in [2.75, 3.05) is 13.2 Å². The van der Waals surface area contributed by atoms with Crippen molar-refractivity contribution in [1.29, 1.82) is 0 Å². The summed E-state index contributed by atoms with van der Waals surface area (Å²) in [4.78, 5) is 35.8. The van der Waals surface area contributed by atoms with Gasteiger partial charge >= 0.3 is 11.9 Å². The maximum Gasteiger partial charge on any atom is 0.375 e. The average Bonchev–Trinajstić information content (AvgIpc) is 2.55. The van der Waals surface area contributed by atoms with E-state index < -0.39 is 23.6 Å². The van der Waals surface area contributed by atoms with Crippen LogP contribution in [-0.2, 0) is 30.3 Å². The number of rotatable bonds is 9. The van der Waals surface area contributed by atoms with Crippen molar-refractivity contribution >= 4 is 17.7 Å². The van der Waals surface area contributed by atoms with Crippen molar-refractivity contribution < 1.29 is 23.9 Å². The maximum absolute atomic E-state index is 12.1. The molecular weight excluding hydrogens is 284 g/mol. The van der Waals surface area contributed by atoms with Crippen LogP contribution in [0.2, 0.25) is 0 Å². The van der Waals surface area contributed by atoms with E-state index in [0.717, 1.165) is 5.56 Å². The van der Waals surface area contributed by atoms with E-state index in [1.165, 1.54) is 12.2 Å². The van der Waals surface area contributed by atoms with Crippen molar-refractivity contribution in [2.45, 2.75) is 6.42 Å². The Bertz CT molecular complexity index is 547. The molecule has 5 nitrogen and oxygen atoms in total. The lowest BCUT2D eigenvalue weighted by Crippen LogP contribution is -2.34. The van der Waals surface area contributed by atoms with Crippen LogP contribution in [0, 0.1) is 5.92 Å². The van der Waals surface area contributed by atoms with Crippen LogP contribution in [0.4, 0.5) is 0 Å². The average molecular weight is 302 g/mol. The summed E-state index contributed by atoms with van der Waals surface area (Å²) in [5.41, 5.74) is 0.743. The first-order valence-corrected chi connectivity index (χ1v) is 6.73. The normalized spacial score (nSPS) is 11.1. The lowest BCUT2D eigenvalue weighted by Gasteiger charge is -2.13. The topological polar surface area (TPSA) is 69.7 Å². The minimum absolute atomic E-state index is 0.0287. The lowest BCUT2D eigenvalue weighted by atomic mass is 9.95. The molecule has 0 spiro atoms. The molecule has 0 radical (unpaired) electrons. The quantitative estimate of drug-likeness (QED) is 0.301. The summed E-state index contributed by atoms with van der Waals surface area (Å²) in [6.07, 6.45) is 2.80. The summed E-state index contributed by atoms with van der Waals surface area (Å²) in [6.45, 7) is 6.70. The number of ketones is 1. The van der Waals surface area contributed by atoms with E-state index in [1.807, 2.05) is 6.07 Å². The number of benzene rings is 1. The van der Waals surface area contributed by atoms with E-state index >= 15 is 0 Å². The van der Waals surface area contributed by atoms with E-state index in [9.17, 15) is 14.4 Å². The SMILES string of the molecule is C=CCOC(=O)C(=O)C(Cc1ccccc1)C(=O)OCC=C. The third-order valence-corrected chi connectivity index (χ3v) is 2.76. The molecule has 0 aromatic heterocycles. The van der Waals surface area contributed by atoms with Crippen LogP contribution < -0.4 is 0 Å². The van der Waals surface area contributed by atoms with Crippen LogP contribution in [0.25, 0.3) is 0 Å². The molecule has 1 unspecified atom stereocenters. The van der Waals surface area contributed by atoms with Gasteiger partial charge in [0.1, 0.15) is 19.1 Å². The Balaban J connectivity index is 2.87. The van der Waals surface area contributed by atoms with Gasteiger partial charge in [-0.2, -0.15) is 0 Å². The largest absolute Gasteiger partial charge is 0.461 e. The van der Waals surface area contributed by atoms with Gasteiger partial charge in [-0.3, -0.25) is 9.59 Å². The fraction of sp³-hybridized carbons (Fsp3) is 0.235. The van der Waals surface area contributed by atoms with Crippen LogP contribution in [0.15, 0.2) is 55.6 Å². The van der Waals surface area contributed by atoms with Crippen LogP contribution in [0.1, 0.15) is 5.56 Å². The smallest absolute Gasteiger partial charge is 0.375 e. The zero-order chi connectivity index (χ0) is 16.4. The van der Waals surface area contributed by atoms with Crippen LogP contribution in [0.3, 0.4) is 0 Å². The monoisotopic (exact) mass is 302 g/mol. The van der Waals surface area contributed by atoms with E-state index in [1.54, 1.807) is 24.3 Å². The predicted octanol–water partition coefficient (Wildman–Crippen LogP) is 1.87. The summed E-state index contributed by atoms with van der Waals surface area (Å²) in [5, 5.41) is 0. The Morgan fingerprint density at radius 2 is 1.59 bits per heavy atom. The molecule has 1 aromatic carbocycles. The molecule has 0 aliphatic carbocycles. The molecule has 0 aliphatic heterocycles. The van der Waals surface area contributed by atoms with Gasteiger partial charge in [0, 0.05) is 0 Å². The lowest BCUT2D eigenvalue weighted by molar-refractivity contribution is -0.161. The number of ether oxygens (including phenoxy) is 2. The molecule has 0 N–H and O–H groups in total. The first kappa shape index (κ1) is 17.4. The van der Waals surface area contributed by atoms with Crippen molar-refractivity contribution in [1.82, 2.24) is 0 Å². The molecule has 0 amide bonds. The molecule has 1 aromatic rings. The highest BCUT2D eigenvalue weighted by molar-refractivity contribution is 6.38. The van der Waals surface area contributed by atoms with Crippen molar-refractivity contribution in [3.63, 3.8) is 0 Å². The maximum atomic E-state index is 12.1. The molecule has 0 saturated heterocycles. The summed E-state index contributed by atoms with van der Waals surface area (Å²) >= 11 is 0. The van der Waals surface area contributed by atoms with Crippen LogP contribution in [0.5, 0.6) is 0 Å². The van der Waals surface area contributed by atoms with E-state index in [4.69, 9.17) is 9.47 Å². The number of carbonyl (C=O) groups is 3. The second-order valence-electron chi connectivity index (χ2n) is 4.41. The minimum atomic E-state index is -1.24. The van der Waals surface area contributed by atoms with Gasteiger partial charge in [-0.05, 0) is 12.0 Å². The highest BCUT2D eigenvalue weighted by Gasteiger charge is 2.34. The number of carbonyl (C=O) groups excluding carboxylic acids is 3. The summed E-state index contributed by atoms with van der Waals surface area (Å²) < 4.78 is 9.59. The Morgan fingerprint density at radius 1 is 1.00 bits per heavy atom. The molecule has 0 heterocycles. The van der Waals surface area contributed by atoms with Gasteiger partial charge in [-0.15, -0.1) is 0 Å². The van der Waals surface area contributed by atoms with Crippen molar-refractivity contribution in [3.8, 4) is 0 Å². The fourth-order valence-corrected chi connectivity index (χ4v) is 1.72. The first-order chi connectivity index (χ1) is 10.6. The molecule has 0 bridgehead atoms. The zero-order valence-corrected chi connectivity index (χ0v) is 12.2. The third kappa shape index (κ3) is 5.36. The van der Waals surface area contributed by atoms with Gasteiger partial charge in [0.2, 0.25) is 0 Å². The van der Waals surface area contributed by atoms with Crippen molar-refractivity contribution in [3.05, 3.63) is 61.2 Å². The summed E-state index contributed by atoms with van der Waals surface area (Å²) in [5.74, 6) is -4.01. The van der Waals surface area contributed by atoms with Gasteiger partial charge in [0.05, 0.1) is 0 Å². The Hall–Kier alpha value is -2.69. The number of esters is 2. The molecule has 1 atom stereocenters. The number of hydrogen-bond donors (Lipinski definition) is 0. The molecule has 0 fully saturated rings. The second-order valence-corrected chi connectivity index (χ2v) is 4.41. The van der Waals surface area contributed by atoms with Gasteiger partial charge in [-0.1, -0.05) is 55.6 Å². The highest BCUT2D eigenvalue weighted by atomic mass is 16.5. The van der Waals surface area contributed by atoms with E-state index in [2.05, 4.69) is 13.2 Å². The molecule has 0 aliphatic rings. The van der Waals surface area contributed by atoms with Gasteiger partial charge in [0.15, 0.2) is 0 Å². The van der Waals surface area contributed by atoms with Gasteiger partial charge in [-0.25, -0.2) is 4.79 Å². The number of hydrogen-bond acceptors (Lipinski definition) is 5. The first-order valence-electron chi connectivity index (χ1n) is 6.73. The Labute approximate surface area is 129 Å². The highest BCUT2D eigenvalue weighted by Crippen LogP contribution is 2.13. The van der Waals surface area contributed by atoms with E-state index in [-0.39, 0.29) is 19.6 Å². The number of Topliss-reactive ketones (excluding diaryl/α,β-unsaturated/α-hetero) is 1. The second kappa shape index (κ2) is 9.28. The standard InChI is InChI=1S/C17H18O5/c1-3-10-21-16(19)14(12-13-8-6-5-7-9-13)15(18)17(20)22-11-4-2/h3-9,14H,1-2,10-12H2. The Kier molecular flexibility index (Phi) is 7.33. The van der Waals surface area contributed by atoms with E-state index in [0.29, 0.717) is 0 Å². The van der Waals surface area contributed by atoms with Crippen LogP contribution in [-0.4, -0.2) is 30.9 Å². The summed E-state index contributed by atoms with van der Waals surface area (Å²) in [6, 6.07) is 8.89. The Morgan fingerprint density at radius 3 is 2.18 bits per heavy atom. The third-order valence-electron chi connectivity index (χ3n) is 2.76. The molecule has 0 saturated carbocycles. The molecular formula is C17H18O5. The minimum Gasteiger partial charge on any atom is -0.461 e. The van der Waals surface area contributed by atoms with Gasteiger partial charge < -0.3 is 9.47 Å². The molecule has 22 heavy (non-hydrogen) atoms. The molecule has 116 valence electrons. The van der Waals surface area contributed by atoms with Crippen molar-refractivity contribution in [2.24, 2.45) is 5.92 Å². The van der Waals surface area contributed by atoms with Gasteiger partial charge in [0.25, 0.3) is 5.78 Å². The fourth-order valence-electron chi connectivity index (χ4n) is 1.72. The molecule has 5 heteroatoms. The zero-order valence-electron chi connectivity index (χ0n) is 12.2. The predicted molar refractivity (Wildman–Crippen MR) is 81.0 cm³/mol. The van der Waals surface area contributed by atoms with Crippen LogP contribution >= 0.6 is 0 Å². The summed E-state index contributed by atoms with van der Waals surface area (Å²) in [7, 11) is 0.